The molecule has 1 aliphatic heterocycles. The fourth-order valence-electron chi connectivity index (χ4n) is 4.12. The molecule has 41 heavy (non-hydrogen) atoms. The summed E-state index contributed by atoms with van der Waals surface area (Å²) in [6.07, 6.45) is -1.01. The number of sulfonamides is 1. The van der Waals surface area contributed by atoms with E-state index in [1.807, 2.05) is 6.08 Å². The van der Waals surface area contributed by atoms with Crippen LogP contribution in [0.2, 0.25) is 5.02 Å². The summed E-state index contributed by atoms with van der Waals surface area (Å²) in [6, 6.07) is 14.3. The molecule has 1 atom stereocenters. The number of carboxylic acids is 1. The molecule has 216 valence electrons. The molecule has 0 amide bonds. The van der Waals surface area contributed by atoms with E-state index < -0.39 is 22.2 Å². The number of rotatable bonds is 5. The van der Waals surface area contributed by atoms with Gasteiger partial charge in [-0.3, -0.25) is 4.79 Å². The molecule has 0 saturated carbocycles. The van der Waals surface area contributed by atoms with Crippen LogP contribution in [0.25, 0.3) is 16.5 Å². The van der Waals surface area contributed by atoms with E-state index in [1.54, 1.807) is 30.3 Å². The van der Waals surface area contributed by atoms with Gasteiger partial charge >= 0.3 is 12.1 Å². The number of aromatic amines is 1. The van der Waals surface area contributed by atoms with Gasteiger partial charge in [-0.15, -0.1) is 0 Å². The Balaban J connectivity index is 0.000000493. The average Bonchev–Trinajstić information content (AvgIpc) is 3.43. The number of alkyl halides is 3. The SMILES string of the molecule is CC1CC(c2cc(Cl)ccc2N(c2ccon2)S(=O)(=O)c2ccc3[nH]c(=O)ccc3c2)=CCN1.O=C(O)C(F)(F)F. The summed E-state index contributed by atoms with van der Waals surface area (Å²) >= 11 is 6.34. The largest absolute Gasteiger partial charge is 0.490 e. The number of carbonyl (C=O) groups is 1. The maximum atomic E-state index is 14.0. The fraction of sp³-hybridized carbons (Fsp3) is 0.192. The highest BCUT2D eigenvalue weighted by Crippen LogP contribution is 2.40. The zero-order chi connectivity index (χ0) is 29.9. The molecule has 0 aliphatic carbocycles. The number of anilines is 2. The minimum atomic E-state index is -5.08. The van der Waals surface area contributed by atoms with E-state index >= 15 is 0 Å². The highest BCUT2D eigenvalue weighted by Gasteiger charge is 2.38. The molecule has 4 aromatic rings. The molecular formula is C26H22ClF3N4O6S. The smallest absolute Gasteiger partial charge is 0.475 e. The van der Waals surface area contributed by atoms with Gasteiger partial charge in [-0.25, -0.2) is 17.5 Å². The van der Waals surface area contributed by atoms with Gasteiger partial charge in [0.2, 0.25) is 5.56 Å². The van der Waals surface area contributed by atoms with Gasteiger partial charge in [-0.2, -0.15) is 13.2 Å². The van der Waals surface area contributed by atoms with Gasteiger partial charge < -0.3 is 19.9 Å². The third-order valence-electron chi connectivity index (χ3n) is 5.97. The summed E-state index contributed by atoms with van der Waals surface area (Å²) in [5, 5.41) is 15.5. The van der Waals surface area contributed by atoms with Crippen molar-refractivity contribution in [2.75, 3.05) is 10.8 Å². The molecule has 15 heteroatoms. The van der Waals surface area contributed by atoms with Gasteiger partial charge in [0.15, 0.2) is 5.82 Å². The molecule has 0 spiro atoms. The highest BCUT2D eigenvalue weighted by atomic mass is 35.5. The molecule has 1 unspecified atom stereocenters. The monoisotopic (exact) mass is 610 g/mol. The lowest BCUT2D eigenvalue weighted by Gasteiger charge is -2.28. The first-order chi connectivity index (χ1) is 19.3. The van der Waals surface area contributed by atoms with Gasteiger partial charge in [0, 0.05) is 40.8 Å². The van der Waals surface area contributed by atoms with Gasteiger partial charge in [0.05, 0.1) is 10.6 Å². The van der Waals surface area contributed by atoms with Crippen molar-refractivity contribution in [1.29, 1.82) is 0 Å². The van der Waals surface area contributed by atoms with Crippen LogP contribution in [-0.2, 0) is 14.8 Å². The number of aliphatic carboxylic acids is 1. The standard InChI is InChI=1S/C24H21ClN4O4S.C2HF3O2/c1-15-12-16(8-10-26-15)20-14-18(25)3-6-22(20)29(23-9-11-33-28-23)34(31,32)19-4-5-21-17(13-19)2-7-24(30)27-21;3-2(4,5)1(6)7/h2-9,11,13-15,26H,10,12H2,1H3,(H,27,30);(H,6,7). The molecule has 0 fully saturated rings. The van der Waals surface area contributed by atoms with Crippen LogP contribution in [0.5, 0.6) is 0 Å². The molecule has 2 aromatic carbocycles. The number of hydrogen-bond donors (Lipinski definition) is 3. The number of nitrogens with zero attached hydrogens (tertiary/aromatic N) is 2. The number of hydrogen-bond acceptors (Lipinski definition) is 7. The van der Waals surface area contributed by atoms with E-state index in [4.69, 9.17) is 26.0 Å². The summed E-state index contributed by atoms with van der Waals surface area (Å²) in [5.41, 5.74) is 2.39. The molecule has 0 bridgehead atoms. The number of aromatic nitrogens is 2. The molecule has 2 aromatic heterocycles. The van der Waals surface area contributed by atoms with E-state index in [0.717, 1.165) is 5.57 Å². The zero-order valence-corrected chi connectivity index (χ0v) is 22.7. The van der Waals surface area contributed by atoms with Crippen LogP contribution < -0.4 is 15.2 Å². The Bertz CT molecular complexity index is 1770. The van der Waals surface area contributed by atoms with Gasteiger partial charge in [-0.1, -0.05) is 22.8 Å². The van der Waals surface area contributed by atoms with Crippen LogP contribution in [-0.4, -0.2) is 48.4 Å². The second-order valence-electron chi connectivity index (χ2n) is 8.91. The predicted octanol–water partition coefficient (Wildman–Crippen LogP) is 5.10. The summed E-state index contributed by atoms with van der Waals surface area (Å²) in [7, 11) is -4.13. The van der Waals surface area contributed by atoms with E-state index in [1.165, 1.54) is 34.8 Å². The van der Waals surface area contributed by atoms with E-state index in [-0.39, 0.29) is 22.3 Å². The quantitative estimate of drug-likeness (QED) is 0.283. The molecule has 3 heterocycles. The van der Waals surface area contributed by atoms with Crippen molar-refractivity contribution in [2.24, 2.45) is 0 Å². The Morgan fingerprint density at radius 3 is 2.51 bits per heavy atom. The molecule has 3 N–H and O–H groups in total. The Morgan fingerprint density at radius 1 is 1.15 bits per heavy atom. The number of nitrogens with one attached hydrogen (secondary N) is 2. The van der Waals surface area contributed by atoms with Crippen LogP contribution in [0.1, 0.15) is 18.9 Å². The molecule has 5 rings (SSSR count). The first-order valence-corrected chi connectivity index (χ1v) is 13.7. The summed E-state index contributed by atoms with van der Waals surface area (Å²) < 4.78 is 66.0. The van der Waals surface area contributed by atoms with Crippen molar-refractivity contribution in [3.05, 3.63) is 87.9 Å². The number of pyridine rings is 1. The summed E-state index contributed by atoms with van der Waals surface area (Å²) in [6.45, 7) is 2.74. The first-order valence-electron chi connectivity index (χ1n) is 11.9. The average molecular weight is 611 g/mol. The number of carboxylic acid groups (broad SMARTS) is 1. The van der Waals surface area contributed by atoms with Crippen LogP contribution >= 0.6 is 11.6 Å². The number of halogens is 4. The van der Waals surface area contributed by atoms with Crippen LogP contribution in [0.4, 0.5) is 24.7 Å². The third kappa shape index (κ3) is 6.78. The Kier molecular flexibility index (Phi) is 8.56. The first kappa shape index (κ1) is 29.8. The van der Waals surface area contributed by atoms with Crippen molar-refractivity contribution < 1.29 is 36.0 Å². The molecular weight excluding hydrogens is 589 g/mol. The lowest BCUT2D eigenvalue weighted by Crippen LogP contribution is -2.31. The van der Waals surface area contributed by atoms with Gasteiger partial charge in [0.1, 0.15) is 6.26 Å². The molecule has 1 aliphatic rings. The van der Waals surface area contributed by atoms with Crippen LogP contribution in [0.15, 0.2) is 81.1 Å². The van der Waals surface area contributed by atoms with E-state index in [0.29, 0.717) is 40.1 Å². The molecule has 10 nitrogen and oxygen atoms in total. The lowest BCUT2D eigenvalue weighted by atomic mass is 9.95. The van der Waals surface area contributed by atoms with Crippen LogP contribution in [0.3, 0.4) is 0 Å². The Labute approximate surface area is 236 Å². The molecule has 0 saturated heterocycles. The third-order valence-corrected chi connectivity index (χ3v) is 7.92. The Hall–Kier alpha value is -4.14. The normalized spacial score (nSPS) is 15.5. The number of benzene rings is 2. The van der Waals surface area contributed by atoms with Gasteiger partial charge in [-0.05, 0) is 66.8 Å². The van der Waals surface area contributed by atoms with Gasteiger partial charge in [0.25, 0.3) is 10.0 Å². The van der Waals surface area contributed by atoms with Crippen LogP contribution in [0, 0.1) is 0 Å². The number of H-pyrrole nitrogens is 1. The van der Waals surface area contributed by atoms with Crippen molar-refractivity contribution in [1.82, 2.24) is 15.5 Å². The van der Waals surface area contributed by atoms with E-state index in [2.05, 4.69) is 22.4 Å². The topological polar surface area (TPSA) is 146 Å². The zero-order valence-electron chi connectivity index (χ0n) is 21.1. The molecule has 0 radical (unpaired) electrons. The van der Waals surface area contributed by atoms with Crippen molar-refractivity contribution >= 4 is 55.6 Å². The van der Waals surface area contributed by atoms with Crippen molar-refractivity contribution in [3.63, 3.8) is 0 Å². The fourth-order valence-corrected chi connectivity index (χ4v) is 5.77. The van der Waals surface area contributed by atoms with Crippen molar-refractivity contribution in [3.8, 4) is 0 Å². The highest BCUT2D eigenvalue weighted by molar-refractivity contribution is 7.93. The minimum absolute atomic E-state index is 0.0450. The summed E-state index contributed by atoms with van der Waals surface area (Å²) in [4.78, 5) is 23.3. The van der Waals surface area contributed by atoms with Crippen molar-refractivity contribution in [2.45, 2.75) is 30.5 Å². The number of fused-ring (bicyclic) bond motifs is 1. The second-order valence-corrected chi connectivity index (χ2v) is 11.1. The maximum Gasteiger partial charge on any atom is 0.490 e. The maximum absolute atomic E-state index is 14.0. The van der Waals surface area contributed by atoms with E-state index in [9.17, 15) is 26.4 Å². The summed E-state index contributed by atoms with van der Waals surface area (Å²) in [5.74, 6) is -2.64. The Morgan fingerprint density at radius 2 is 1.88 bits per heavy atom. The minimum Gasteiger partial charge on any atom is -0.475 e. The predicted molar refractivity (Wildman–Crippen MR) is 146 cm³/mol. The second kappa shape index (κ2) is 11.8. The lowest BCUT2D eigenvalue weighted by molar-refractivity contribution is -0.192.